The average Bonchev–Trinajstić information content (AvgIpc) is 1.97. The van der Waals surface area contributed by atoms with Gasteiger partial charge in [-0.1, -0.05) is 0 Å². The molecule has 5 nitrogen and oxygen atoms in total. The van der Waals surface area contributed by atoms with Gasteiger partial charge in [0.05, 0.1) is 5.75 Å². The maximum Gasteiger partial charge on any atom is 0.210 e. The van der Waals surface area contributed by atoms with Gasteiger partial charge in [0.1, 0.15) is 0 Å². The van der Waals surface area contributed by atoms with Gasteiger partial charge in [-0.2, -0.15) is 0 Å². The Morgan fingerprint density at radius 1 is 1.36 bits per heavy atom. The topological polar surface area (TPSA) is 75.4 Å². The number of piperazine rings is 1. The maximum absolute atomic E-state index is 10.8. The van der Waals surface area contributed by atoms with Gasteiger partial charge in [0.25, 0.3) is 0 Å². The predicted octanol–water partition coefficient (Wildman–Crippen LogP) is -1.04. The third kappa shape index (κ3) is 4.36. The van der Waals surface area contributed by atoms with Crippen LogP contribution in [0.15, 0.2) is 0 Å². The van der Waals surface area contributed by atoms with Crippen molar-refractivity contribution in [3.63, 3.8) is 0 Å². The number of hydrogen-bond donors (Lipinski definition) is 2. The smallest absolute Gasteiger partial charge is 0.210 e. The molecule has 1 fully saturated rings. The van der Waals surface area contributed by atoms with Crippen LogP contribution in [0.25, 0.3) is 0 Å². The van der Waals surface area contributed by atoms with E-state index in [1.807, 2.05) is 0 Å². The van der Waals surface area contributed by atoms with Crippen LogP contribution in [0.4, 0.5) is 0 Å². The number of nitrogens with zero attached hydrogens (tertiary/aromatic N) is 1. The highest BCUT2D eigenvalue weighted by Gasteiger charge is 2.21. The molecule has 0 aromatic heterocycles. The lowest BCUT2D eigenvalue weighted by Crippen LogP contribution is -2.55. The van der Waals surface area contributed by atoms with Crippen LogP contribution in [0.2, 0.25) is 0 Å². The van der Waals surface area contributed by atoms with Crippen molar-refractivity contribution < 1.29 is 8.42 Å². The molecule has 0 bridgehead atoms. The molecule has 1 saturated heterocycles. The van der Waals surface area contributed by atoms with Crippen molar-refractivity contribution in [3.8, 4) is 0 Å². The molecule has 0 amide bonds. The molecule has 1 heterocycles. The zero-order valence-corrected chi connectivity index (χ0v) is 9.55. The second-order valence-electron chi connectivity index (χ2n) is 4.10. The molecule has 1 aliphatic heterocycles. The molecule has 0 spiro atoms. The van der Waals surface area contributed by atoms with E-state index in [9.17, 15) is 8.42 Å². The number of sulfonamides is 1. The van der Waals surface area contributed by atoms with Crippen LogP contribution in [0.1, 0.15) is 13.8 Å². The predicted molar refractivity (Wildman–Crippen MR) is 56.5 cm³/mol. The van der Waals surface area contributed by atoms with E-state index in [1.54, 1.807) is 0 Å². The van der Waals surface area contributed by atoms with Crippen LogP contribution < -0.4 is 10.5 Å². The first-order valence-corrected chi connectivity index (χ1v) is 6.57. The van der Waals surface area contributed by atoms with Gasteiger partial charge in [0.15, 0.2) is 0 Å². The summed E-state index contributed by atoms with van der Waals surface area (Å²) in [6.07, 6.45) is 0. The Morgan fingerprint density at radius 3 is 2.29 bits per heavy atom. The quantitative estimate of drug-likeness (QED) is 0.638. The number of hydrogen-bond acceptors (Lipinski definition) is 4. The van der Waals surface area contributed by atoms with Gasteiger partial charge in [-0.05, 0) is 13.8 Å². The van der Waals surface area contributed by atoms with Gasteiger partial charge < -0.3 is 5.32 Å². The first-order valence-electron chi connectivity index (χ1n) is 4.85. The summed E-state index contributed by atoms with van der Waals surface area (Å²) in [5.41, 5.74) is 0. The Balaban J connectivity index is 2.38. The first kappa shape index (κ1) is 11.9. The largest absolute Gasteiger partial charge is 0.309 e. The molecular formula is C8H19N3O2S. The minimum atomic E-state index is -3.32. The SMILES string of the molecule is CC1CN(CCS(N)(=O)=O)CC(C)N1. The summed E-state index contributed by atoms with van der Waals surface area (Å²) in [4.78, 5) is 2.14. The van der Waals surface area contributed by atoms with E-state index in [0.29, 0.717) is 18.6 Å². The minimum Gasteiger partial charge on any atom is -0.309 e. The summed E-state index contributed by atoms with van der Waals surface area (Å²) in [6, 6.07) is 0.832. The van der Waals surface area contributed by atoms with Crippen molar-refractivity contribution in [1.82, 2.24) is 10.2 Å². The third-order valence-electron chi connectivity index (χ3n) is 2.33. The second-order valence-corrected chi connectivity index (χ2v) is 5.83. The van der Waals surface area contributed by atoms with Crippen LogP contribution in [-0.4, -0.2) is 50.8 Å². The van der Waals surface area contributed by atoms with Crippen LogP contribution in [-0.2, 0) is 10.0 Å². The number of nitrogens with two attached hydrogens (primary N) is 1. The Kier molecular flexibility index (Phi) is 3.88. The fourth-order valence-corrected chi connectivity index (χ4v) is 2.39. The summed E-state index contributed by atoms with van der Waals surface area (Å²) in [5, 5.41) is 8.34. The van der Waals surface area contributed by atoms with Crippen molar-refractivity contribution in [2.75, 3.05) is 25.4 Å². The lowest BCUT2D eigenvalue weighted by atomic mass is 10.1. The molecule has 2 unspecified atom stereocenters. The number of rotatable bonds is 3. The Labute approximate surface area is 85.7 Å². The monoisotopic (exact) mass is 221 g/mol. The van der Waals surface area contributed by atoms with Crippen LogP contribution in [0.5, 0.6) is 0 Å². The van der Waals surface area contributed by atoms with E-state index in [4.69, 9.17) is 5.14 Å². The molecular weight excluding hydrogens is 202 g/mol. The summed E-state index contributed by atoms with van der Waals surface area (Å²) >= 11 is 0. The fraction of sp³-hybridized carbons (Fsp3) is 1.00. The molecule has 1 aliphatic rings. The number of nitrogens with one attached hydrogen (secondary N) is 1. The summed E-state index contributed by atoms with van der Waals surface area (Å²) in [5.74, 6) is 0.0481. The highest BCUT2D eigenvalue weighted by Crippen LogP contribution is 2.03. The normalized spacial score (nSPS) is 30.5. The molecule has 84 valence electrons. The van der Waals surface area contributed by atoms with Gasteiger partial charge in [-0.25, -0.2) is 13.6 Å². The van der Waals surface area contributed by atoms with Gasteiger partial charge in [0.2, 0.25) is 10.0 Å². The Hall–Kier alpha value is -0.170. The Morgan fingerprint density at radius 2 is 1.86 bits per heavy atom. The highest BCUT2D eigenvalue weighted by molar-refractivity contribution is 7.89. The molecule has 6 heteroatoms. The first-order chi connectivity index (χ1) is 6.37. The van der Waals surface area contributed by atoms with E-state index < -0.39 is 10.0 Å². The lowest BCUT2D eigenvalue weighted by Gasteiger charge is -2.35. The highest BCUT2D eigenvalue weighted by atomic mass is 32.2. The van der Waals surface area contributed by atoms with Crippen molar-refractivity contribution in [1.29, 1.82) is 0 Å². The third-order valence-corrected chi connectivity index (χ3v) is 3.08. The maximum atomic E-state index is 10.8. The zero-order chi connectivity index (χ0) is 10.8. The van der Waals surface area contributed by atoms with E-state index >= 15 is 0 Å². The molecule has 0 aromatic rings. The standard InChI is InChI=1S/C8H19N3O2S/c1-7-5-11(6-8(2)10-7)3-4-14(9,12)13/h7-8,10H,3-6H2,1-2H3,(H2,9,12,13). The molecule has 1 rings (SSSR count). The molecule has 14 heavy (non-hydrogen) atoms. The summed E-state index contributed by atoms with van der Waals surface area (Å²) in [7, 11) is -3.32. The van der Waals surface area contributed by atoms with E-state index in [0.717, 1.165) is 13.1 Å². The summed E-state index contributed by atoms with van der Waals surface area (Å²) < 4.78 is 21.5. The van der Waals surface area contributed by atoms with Gasteiger partial charge >= 0.3 is 0 Å². The van der Waals surface area contributed by atoms with E-state index in [2.05, 4.69) is 24.1 Å². The van der Waals surface area contributed by atoms with Gasteiger partial charge in [-0.15, -0.1) is 0 Å². The fourth-order valence-electron chi connectivity index (χ4n) is 1.88. The summed E-state index contributed by atoms with van der Waals surface area (Å²) in [6.45, 7) is 6.51. The van der Waals surface area contributed by atoms with Gasteiger partial charge in [-0.3, -0.25) is 4.90 Å². The number of primary sulfonamides is 1. The van der Waals surface area contributed by atoms with E-state index in [-0.39, 0.29) is 5.75 Å². The Bertz CT molecular complexity index is 268. The van der Waals surface area contributed by atoms with Crippen molar-refractivity contribution in [3.05, 3.63) is 0 Å². The molecule has 0 saturated carbocycles. The second kappa shape index (κ2) is 4.57. The van der Waals surface area contributed by atoms with Crippen molar-refractivity contribution in [2.45, 2.75) is 25.9 Å². The van der Waals surface area contributed by atoms with Crippen LogP contribution >= 0.6 is 0 Å². The van der Waals surface area contributed by atoms with Crippen LogP contribution in [0.3, 0.4) is 0 Å². The van der Waals surface area contributed by atoms with Crippen molar-refractivity contribution >= 4 is 10.0 Å². The lowest BCUT2D eigenvalue weighted by molar-refractivity contribution is 0.182. The zero-order valence-electron chi connectivity index (χ0n) is 8.73. The van der Waals surface area contributed by atoms with Crippen LogP contribution in [0, 0.1) is 0 Å². The molecule has 0 radical (unpaired) electrons. The van der Waals surface area contributed by atoms with E-state index in [1.165, 1.54) is 0 Å². The molecule has 0 aliphatic carbocycles. The van der Waals surface area contributed by atoms with Crippen molar-refractivity contribution in [2.24, 2.45) is 5.14 Å². The minimum absolute atomic E-state index is 0.0481. The molecule has 3 N–H and O–H groups in total. The van der Waals surface area contributed by atoms with Gasteiger partial charge in [0, 0.05) is 31.7 Å². The molecule has 0 aromatic carbocycles. The molecule has 2 atom stereocenters. The average molecular weight is 221 g/mol.